The number of guanidine groups is 1. The van der Waals surface area contributed by atoms with Crippen LogP contribution in [0.15, 0.2) is 35.3 Å². The van der Waals surface area contributed by atoms with E-state index in [1.807, 2.05) is 13.0 Å². The molecule has 1 N–H and O–H groups in total. The molecule has 7 heteroatoms. The van der Waals surface area contributed by atoms with E-state index in [2.05, 4.69) is 41.4 Å². The summed E-state index contributed by atoms with van der Waals surface area (Å²) in [4.78, 5) is 19.0. The average Bonchev–Trinajstić information content (AvgIpc) is 2.76. The van der Waals surface area contributed by atoms with Gasteiger partial charge in [-0.15, -0.1) is 24.0 Å². The van der Waals surface area contributed by atoms with Crippen LogP contribution in [0.3, 0.4) is 0 Å². The maximum atomic E-state index is 12.1. The third-order valence-corrected chi connectivity index (χ3v) is 5.01. The van der Waals surface area contributed by atoms with Crippen molar-refractivity contribution in [2.24, 2.45) is 10.9 Å². The van der Waals surface area contributed by atoms with E-state index >= 15 is 0 Å². The number of unbranched alkanes of at least 4 members (excludes halogenated alkanes) is 1. The Morgan fingerprint density at radius 1 is 1.20 bits per heavy atom. The molecule has 0 amide bonds. The first-order valence-electron chi connectivity index (χ1n) is 11.1. The monoisotopic (exact) mass is 531 g/mol. The van der Waals surface area contributed by atoms with Gasteiger partial charge in [-0.05, 0) is 51.5 Å². The Morgan fingerprint density at radius 2 is 2.00 bits per heavy atom. The van der Waals surface area contributed by atoms with Crippen LogP contribution in [0.1, 0.15) is 45.1 Å². The number of hydrogen-bond donors (Lipinski definition) is 1. The number of esters is 1. The van der Waals surface area contributed by atoms with Gasteiger partial charge in [-0.3, -0.25) is 9.79 Å². The fourth-order valence-electron chi connectivity index (χ4n) is 3.49. The predicted octanol–water partition coefficient (Wildman–Crippen LogP) is 3.88. The number of rotatable bonds is 11. The molecule has 1 atom stereocenters. The van der Waals surface area contributed by atoms with E-state index < -0.39 is 0 Å². The molecule has 0 radical (unpaired) electrons. The van der Waals surface area contributed by atoms with Crippen molar-refractivity contribution in [1.29, 1.82) is 0 Å². The van der Waals surface area contributed by atoms with E-state index in [1.165, 1.54) is 5.56 Å². The van der Waals surface area contributed by atoms with Crippen LogP contribution in [-0.4, -0.2) is 62.8 Å². The Bertz CT molecular complexity index is 613. The smallest absolute Gasteiger partial charge is 0.310 e. The Kier molecular flexibility index (Phi) is 14.5. The van der Waals surface area contributed by atoms with Crippen molar-refractivity contribution in [3.63, 3.8) is 0 Å². The number of likely N-dealkylation sites (tertiary alicyclic amines) is 1. The third kappa shape index (κ3) is 10.1. The summed E-state index contributed by atoms with van der Waals surface area (Å²) in [6, 6.07) is 10.4. The summed E-state index contributed by atoms with van der Waals surface area (Å²) in [5, 5.41) is 3.37. The number of aliphatic imine (C=N–C) groups is 1. The molecule has 0 aromatic heterocycles. The second-order valence-corrected chi connectivity index (χ2v) is 7.33. The normalized spacial score (nSPS) is 16.7. The molecule has 0 spiro atoms. The van der Waals surface area contributed by atoms with Crippen molar-refractivity contribution >= 4 is 35.9 Å². The van der Waals surface area contributed by atoms with E-state index in [4.69, 9.17) is 14.5 Å². The van der Waals surface area contributed by atoms with E-state index in [1.54, 1.807) is 0 Å². The van der Waals surface area contributed by atoms with Crippen LogP contribution in [0.2, 0.25) is 0 Å². The number of nitrogens with one attached hydrogen (secondary N) is 1. The molecular weight excluding hydrogens is 493 g/mol. The summed E-state index contributed by atoms with van der Waals surface area (Å²) < 4.78 is 10.9. The van der Waals surface area contributed by atoms with Gasteiger partial charge in [0, 0.05) is 32.8 Å². The zero-order chi connectivity index (χ0) is 20.7. The fraction of sp³-hybridized carbons (Fsp3) is 0.652. The van der Waals surface area contributed by atoms with Crippen LogP contribution in [0.5, 0.6) is 0 Å². The molecule has 2 rings (SSSR count). The topological polar surface area (TPSA) is 63.2 Å². The molecule has 1 aromatic carbocycles. The quantitative estimate of drug-likeness (QED) is 0.154. The minimum Gasteiger partial charge on any atom is -0.466 e. The number of carbonyl (C=O) groups excluding carboxylic acids is 1. The van der Waals surface area contributed by atoms with Crippen LogP contribution < -0.4 is 5.32 Å². The Morgan fingerprint density at radius 3 is 2.73 bits per heavy atom. The highest BCUT2D eigenvalue weighted by Gasteiger charge is 2.28. The van der Waals surface area contributed by atoms with Crippen molar-refractivity contribution in [3.05, 3.63) is 35.9 Å². The van der Waals surface area contributed by atoms with Gasteiger partial charge in [0.15, 0.2) is 5.96 Å². The number of hydrogen-bond acceptors (Lipinski definition) is 4. The van der Waals surface area contributed by atoms with Crippen molar-refractivity contribution < 1.29 is 14.3 Å². The lowest BCUT2D eigenvalue weighted by Crippen LogP contribution is -2.48. The number of ether oxygens (including phenoxy) is 2. The van der Waals surface area contributed by atoms with E-state index in [0.29, 0.717) is 13.2 Å². The van der Waals surface area contributed by atoms with E-state index in [0.717, 1.165) is 70.9 Å². The summed E-state index contributed by atoms with van der Waals surface area (Å²) in [5.74, 6) is 0.776. The molecular formula is C23H38IN3O3. The van der Waals surface area contributed by atoms with Crippen LogP contribution >= 0.6 is 24.0 Å². The molecule has 1 fully saturated rings. The van der Waals surface area contributed by atoms with E-state index in [-0.39, 0.29) is 35.9 Å². The zero-order valence-electron chi connectivity index (χ0n) is 18.5. The van der Waals surface area contributed by atoms with Crippen molar-refractivity contribution in [1.82, 2.24) is 10.2 Å². The van der Waals surface area contributed by atoms with Gasteiger partial charge >= 0.3 is 5.97 Å². The maximum Gasteiger partial charge on any atom is 0.310 e. The summed E-state index contributed by atoms with van der Waals surface area (Å²) in [5.41, 5.74) is 1.31. The number of carbonyl (C=O) groups is 1. The van der Waals surface area contributed by atoms with Gasteiger partial charge in [0.2, 0.25) is 0 Å². The van der Waals surface area contributed by atoms with Gasteiger partial charge < -0.3 is 19.7 Å². The third-order valence-electron chi connectivity index (χ3n) is 5.01. The molecule has 1 aliphatic rings. The second kappa shape index (κ2) is 16.4. The molecule has 1 saturated heterocycles. The molecule has 0 saturated carbocycles. The number of nitrogens with zero attached hydrogens (tertiary/aromatic N) is 2. The molecule has 1 unspecified atom stereocenters. The molecule has 170 valence electrons. The molecule has 0 aliphatic carbocycles. The minimum absolute atomic E-state index is 0. The summed E-state index contributed by atoms with van der Waals surface area (Å²) in [6.07, 6.45) is 4.84. The first-order chi connectivity index (χ1) is 14.2. The minimum atomic E-state index is -0.0827. The first-order valence-corrected chi connectivity index (χ1v) is 11.1. The summed E-state index contributed by atoms with van der Waals surface area (Å²) in [6.45, 7) is 9.12. The predicted molar refractivity (Wildman–Crippen MR) is 133 cm³/mol. The average molecular weight is 531 g/mol. The molecule has 6 nitrogen and oxygen atoms in total. The van der Waals surface area contributed by atoms with Gasteiger partial charge in [0.05, 0.1) is 19.1 Å². The van der Waals surface area contributed by atoms with Crippen molar-refractivity contribution in [2.75, 3.05) is 46.0 Å². The summed E-state index contributed by atoms with van der Waals surface area (Å²) in [7, 11) is 0. The van der Waals surface area contributed by atoms with Crippen molar-refractivity contribution in [2.45, 2.75) is 46.0 Å². The van der Waals surface area contributed by atoms with E-state index in [9.17, 15) is 4.79 Å². The maximum absolute atomic E-state index is 12.1. The largest absolute Gasteiger partial charge is 0.466 e. The zero-order valence-corrected chi connectivity index (χ0v) is 20.8. The van der Waals surface area contributed by atoms with Gasteiger partial charge in [0.1, 0.15) is 0 Å². The standard InChI is InChI=1S/C23H37N3O3.HI/c1-3-24-23(26-16-10-13-21(19-26)22(27)29-4-2)25-15-8-9-17-28-18-14-20-11-6-5-7-12-20;/h5-7,11-12,21H,3-4,8-10,13-19H2,1-2H3,(H,24,25);1H. The Labute approximate surface area is 198 Å². The lowest BCUT2D eigenvalue weighted by Gasteiger charge is -2.34. The lowest BCUT2D eigenvalue weighted by molar-refractivity contribution is -0.149. The lowest BCUT2D eigenvalue weighted by atomic mass is 9.98. The Balaban J connectivity index is 0.00000450. The molecule has 30 heavy (non-hydrogen) atoms. The molecule has 0 bridgehead atoms. The molecule has 1 heterocycles. The van der Waals surface area contributed by atoms with Crippen LogP contribution in [0, 0.1) is 5.92 Å². The van der Waals surface area contributed by atoms with Gasteiger partial charge in [0.25, 0.3) is 0 Å². The van der Waals surface area contributed by atoms with Crippen LogP contribution in [0.25, 0.3) is 0 Å². The van der Waals surface area contributed by atoms with Crippen molar-refractivity contribution in [3.8, 4) is 0 Å². The highest BCUT2D eigenvalue weighted by molar-refractivity contribution is 14.0. The van der Waals surface area contributed by atoms with Crippen LogP contribution in [-0.2, 0) is 20.7 Å². The second-order valence-electron chi connectivity index (χ2n) is 7.33. The SMILES string of the molecule is CCNC(=NCCCCOCCc1ccccc1)N1CCCC(C(=O)OCC)C1.I. The van der Waals surface area contributed by atoms with Gasteiger partial charge in [-0.2, -0.15) is 0 Å². The van der Waals surface area contributed by atoms with Crippen LogP contribution in [0.4, 0.5) is 0 Å². The van der Waals surface area contributed by atoms with Gasteiger partial charge in [-0.1, -0.05) is 30.3 Å². The van der Waals surface area contributed by atoms with Gasteiger partial charge in [-0.25, -0.2) is 0 Å². The number of benzene rings is 1. The Hall–Kier alpha value is -1.35. The molecule has 1 aromatic rings. The highest BCUT2D eigenvalue weighted by Crippen LogP contribution is 2.18. The summed E-state index contributed by atoms with van der Waals surface area (Å²) >= 11 is 0. The number of piperidine rings is 1. The number of halogens is 1. The first kappa shape index (κ1) is 26.7. The highest BCUT2D eigenvalue weighted by atomic mass is 127. The fourth-order valence-corrected chi connectivity index (χ4v) is 3.49. The molecule has 1 aliphatic heterocycles.